The molecule has 1 N–H and O–H groups in total. The summed E-state index contributed by atoms with van der Waals surface area (Å²) in [5.41, 5.74) is 0.900. The number of benzene rings is 1. The van der Waals surface area contributed by atoms with Gasteiger partial charge in [-0.25, -0.2) is 8.42 Å². The van der Waals surface area contributed by atoms with E-state index in [0.29, 0.717) is 32.5 Å². The number of carbonyl (C=O) groups is 1. The number of morpholine rings is 1. The molecule has 3 aliphatic rings. The van der Waals surface area contributed by atoms with Crippen LogP contribution in [0.4, 0.5) is 0 Å². The summed E-state index contributed by atoms with van der Waals surface area (Å²) in [6, 6.07) is 9.41. The maximum absolute atomic E-state index is 13.0. The Kier molecular flexibility index (Phi) is 8.22. The van der Waals surface area contributed by atoms with Gasteiger partial charge in [-0.15, -0.1) is 0 Å². The third-order valence-corrected chi connectivity index (χ3v) is 9.04. The first-order valence-electron chi connectivity index (χ1n) is 12.3. The quantitative estimate of drug-likeness (QED) is 0.656. The van der Waals surface area contributed by atoms with Crippen molar-refractivity contribution in [1.29, 1.82) is 0 Å². The fourth-order valence-corrected chi connectivity index (χ4v) is 6.66. The molecule has 33 heavy (non-hydrogen) atoms. The van der Waals surface area contributed by atoms with Gasteiger partial charge in [0.2, 0.25) is 15.9 Å². The Morgan fingerprint density at radius 3 is 2.36 bits per heavy atom. The van der Waals surface area contributed by atoms with E-state index in [-0.39, 0.29) is 17.4 Å². The summed E-state index contributed by atoms with van der Waals surface area (Å²) in [5, 5.41) is 4.53. The maximum atomic E-state index is 13.0. The zero-order chi connectivity index (χ0) is 23.2. The molecule has 0 unspecified atom stereocenters. The molecule has 7 nitrogen and oxygen atoms in total. The molecule has 1 aromatic rings. The number of nitrogens with zero attached hydrogens (tertiary/aromatic N) is 2. The molecule has 8 heteroatoms. The Bertz CT molecular complexity index is 899. The first kappa shape index (κ1) is 24.4. The lowest BCUT2D eigenvalue weighted by atomic mass is 9.79. The molecular formula is C25H37N3O4S. The zero-order valence-corrected chi connectivity index (χ0v) is 20.3. The molecule has 1 saturated carbocycles. The summed E-state index contributed by atoms with van der Waals surface area (Å²) < 4.78 is 32.5. The van der Waals surface area contributed by atoms with Gasteiger partial charge in [0.15, 0.2) is 0 Å². The van der Waals surface area contributed by atoms with Gasteiger partial charge in [0, 0.05) is 49.6 Å². The number of hydrogen-bond acceptors (Lipinski definition) is 5. The molecule has 1 aliphatic carbocycles. The second-order valence-corrected chi connectivity index (χ2v) is 11.4. The van der Waals surface area contributed by atoms with Gasteiger partial charge in [0.05, 0.1) is 13.2 Å². The van der Waals surface area contributed by atoms with E-state index in [1.807, 2.05) is 30.3 Å². The highest BCUT2D eigenvalue weighted by molar-refractivity contribution is 7.92. The lowest BCUT2D eigenvalue weighted by Gasteiger charge is -2.48. The standard InChI is InChI=1S/C25H37N3O4S/c29-24(26-21-25(12-5-2-6-13-25)27-16-18-32-19-17-27)23-9-14-28(15-10-23)33(30,31)20-11-22-7-3-1-4-8-22/h1,3-4,7-8,11,20,23H,2,5-6,9-10,12-19,21H2,(H,26,29). The van der Waals surface area contributed by atoms with E-state index >= 15 is 0 Å². The van der Waals surface area contributed by atoms with Crippen LogP contribution < -0.4 is 5.32 Å². The number of nitrogens with one attached hydrogen (secondary N) is 1. The van der Waals surface area contributed by atoms with Crippen molar-refractivity contribution in [2.45, 2.75) is 50.5 Å². The van der Waals surface area contributed by atoms with E-state index in [4.69, 9.17) is 4.74 Å². The number of hydrogen-bond donors (Lipinski definition) is 1. The highest BCUT2D eigenvalue weighted by atomic mass is 32.2. The van der Waals surface area contributed by atoms with Gasteiger partial charge in [0.25, 0.3) is 0 Å². The zero-order valence-electron chi connectivity index (χ0n) is 19.5. The minimum absolute atomic E-state index is 0.0456. The van der Waals surface area contributed by atoms with E-state index in [9.17, 15) is 13.2 Å². The van der Waals surface area contributed by atoms with Gasteiger partial charge in [-0.1, -0.05) is 49.6 Å². The summed E-state index contributed by atoms with van der Waals surface area (Å²) in [4.78, 5) is 15.5. The summed E-state index contributed by atoms with van der Waals surface area (Å²) in [7, 11) is -3.48. The number of rotatable bonds is 7. The Morgan fingerprint density at radius 2 is 1.70 bits per heavy atom. The lowest BCUT2D eigenvalue weighted by Crippen LogP contribution is -2.60. The number of carbonyl (C=O) groups excluding carboxylic acids is 1. The Morgan fingerprint density at radius 1 is 1.03 bits per heavy atom. The number of amides is 1. The second-order valence-electron chi connectivity index (χ2n) is 9.53. The van der Waals surface area contributed by atoms with Crippen molar-refractivity contribution < 1.29 is 17.9 Å². The van der Waals surface area contributed by atoms with E-state index in [2.05, 4.69) is 10.2 Å². The normalized spacial score (nSPS) is 23.5. The van der Waals surface area contributed by atoms with Crippen LogP contribution in [0.1, 0.15) is 50.5 Å². The van der Waals surface area contributed by atoms with E-state index in [1.165, 1.54) is 29.0 Å². The third-order valence-electron chi connectivity index (χ3n) is 7.47. The molecule has 0 bridgehead atoms. The van der Waals surface area contributed by atoms with E-state index in [1.54, 1.807) is 6.08 Å². The molecule has 0 radical (unpaired) electrons. The minimum atomic E-state index is -3.48. The molecule has 0 spiro atoms. The largest absolute Gasteiger partial charge is 0.379 e. The second kappa shape index (κ2) is 11.1. The third kappa shape index (κ3) is 6.23. The van der Waals surface area contributed by atoms with Crippen molar-refractivity contribution in [3.05, 3.63) is 41.3 Å². The molecule has 3 fully saturated rings. The van der Waals surface area contributed by atoms with Crippen LogP contribution in [0.15, 0.2) is 35.7 Å². The Balaban J connectivity index is 1.29. The highest BCUT2D eigenvalue weighted by Crippen LogP contribution is 2.34. The molecule has 4 rings (SSSR count). The van der Waals surface area contributed by atoms with Crippen LogP contribution in [-0.4, -0.2) is 75.0 Å². The molecule has 2 aliphatic heterocycles. The van der Waals surface area contributed by atoms with Crippen molar-refractivity contribution >= 4 is 22.0 Å². The predicted molar refractivity (Wildman–Crippen MR) is 130 cm³/mol. The Hall–Kier alpha value is -1.74. The SMILES string of the molecule is O=C(NCC1(N2CCOCC2)CCCCC1)C1CCN(S(=O)(=O)C=Cc2ccccc2)CC1. The maximum Gasteiger partial charge on any atom is 0.236 e. The molecule has 182 valence electrons. The molecule has 1 aromatic carbocycles. The van der Waals surface area contributed by atoms with Gasteiger partial charge in [-0.3, -0.25) is 9.69 Å². The van der Waals surface area contributed by atoms with Crippen LogP contribution in [0.25, 0.3) is 6.08 Å². The van der Waals surface area contributed by atoms with E-state index in [0.717, 1.165) is 44.7 Å². The molecule has 2 heterocycles. The predicted octanol–water partition coefficient (Wildman–Crippen LogP) is 2.85. The minimum Gasteiger partial charge on any atom is -0.379 e. The topological polar surface area (TPSA) is 79.0 Å². The summed E-state index contributed by atoms with van der Waals surface area (Å²) in [6.07, 6.45) is 8.69. The van der Waals surface area contributed by atoms with Crippen LogP contribution >= 0.6 is 0 Å². The fourth-order valence-electron chi connectivity index (χ4n) is 5.44. The van der Waals surface area contributed by atoms with Crippen LogP contribution in [0, 0.1) is 5.92 Å². The smallest absolute Gasteiger partial charge is 0.236 e. The molecule has 2 saturated heterocycles. The van der Waals surface area contributed by atoms with Crippen molar-refractivity contribution in [3.63, 3.8) is 0 Å². The number of sulfonamides is 1. The van der Waals surface area contributed by atoms with Crippen LogP contribution in [0.5, 0.6) is 0 Å². The Labute approximate surface area is 198 Å². The molecular weight excluding hydrogens is 438 g/mol. The average Bonchev–Trinajstić information content (AvgIpc) is 2.88. The van der Waals surface area contributed by atoms with Crippen molar-refractivity contribution in [1.82, 2.24) is 14.5 Å². The van der Waals surface area contributed by atoms with E-state index < -0.39 is 10.0 Å². The monoisotopic (exact) mass is 475 g/mol. The first-order chi connectivity index (χ1) is 16.0. The molecule has 0 atom stereocenters. The van der Waals surface area contributed by atoms with Gasteiger partial charge in [0.1, 0.15) is 0 Å². The van der Waals surface area contributed by atoms with Gasteiger partial charge < -0.3 is 10.1 Å². The van der Waals surface area contributed by atoms with Crippen molar-refractivity contribution in [2.24, 2.45) is 5.92 Å². The number of ether oxygens (including phenoxy) is 1. The first-order valence-corrected chi connectivity index (χ1v) is 13.8. The van der Waals surface area contributed by atoms with Crippen molar-refractivity contribution in [2.75, 3.05) is 45.9 Å². The van der Waals surface area contributed by atoms with Crippen LogP contribution in [-0.2, 0) is 19.6 Å². The number of piperidine rings is 1. The van der Waals surface area contributed by atoms with Crippen LogP contribution in [0.3, 0.4) is 0 Å². The molecule has 1 amide bonds. The van der Waals surface area contributed by atoms with Gasteiger partial charge in [-0.05, 0) is 37.3 Å². The van der Waals surface area contributed by atoms with Gasteiger partial charge in [-0.2, -0.15) is 4.31 Å². The van der Waals surface area contributed by atoms with Crippen LogP contribution in [0.2, 0.25) is 0 Å². The summed E-state index contributed by atoms with van der Waals surface area (Å²) >= 11 is 0. The molecule has 0 aromatic heterocycles. The van der Waals surface area contributed by atoms with Gasteiger partial charge >= 0.3 is 0 Å². The fraction of sp³-hybridized carbons (Fsp3) is 0.640. The summed E-state index contributed by atoms with van der Waals surface area (Å²) in [5.74, 6) is -0.0510. The highest BCUT2D eigenvalue weighted by Gasteiger charge is 2.39. The summed E-state index contributed by atoms with van der Waals surface area (Å²) in [6.45, 7) is 4.85. The lowest BCUT2D eigenvalue weighted by molar-refractivity contribution is -0.127. The van der Waals surface area contributed by atoms with Crippen molar-refractivity contribution in [3.8, 4) is 0 Å². The average molecular weight is 476 g/mol.